The van der Waals surface area contributed by atoms with Gasteiger partial charge in [-0.3, -0.25) is 0 Å². The molecule has 2 rings (SSSR count). The molecular weight excluding hydrogens is 308 g/mol. The molecule has 2 aromatic rings. The standard InChI is InChI=1S/C15H13ClN2O2S/c1-11(13-5-3-2-4-6-13)18-21(19,20)15-9-12(10-17)7-8-14(15)16/h2-9,11,18H,1H3. The fraction of sp³-hybridized carbons (Fsp3) is 0.133. The lowest BCUT2D eigenvalue weighted by Crippen LogP contribution is -2.27. The van der Waals surface area contributed by atoms with E-state index in [1.165, 1.54) is 18.2 Å². The molecule has 0 radical (unpaired) electrons. The van der Waals surface area contributed by atoms with Crippen LogP contribution in [0.3, 0.4) is 0 Å². The summed E-state index contributed by atoms with van der Waals surface area (Å²) in [6.45, 7) is 1.74. The van der Waals surface area contributed by atoms with E-state index < -0.39 is 16.1 Å². The molecule has 0 bridgehead atoms. The Morgan fingerprint density at radius 3 is 2.48 bits per heavy atom. The minimum absolute atomic E-state index is 0.0850. The molecular formula is C15H13ClN2O2S. The minimum atomic E-state index is -3.80. The predicted molar refractivity (Wildman–Crippen MR) is 81.3 cm³/mol. The van der Waals surface area contributed by atoms with Crippen molar-refractivity contribution in [3.8, 4) is 6.07 Å². The van der Waals surface area contributed by atoms with Crippen LogP contribution in [0.2, 0.25) is 5.02 Å². The molecule has 0 aliphatic rings. The third-order valence-corrected chi connectivity index (χ3v) is 5.00. The van der Waals surface area contributed by atoms with Gasteiger partial charge in [0.05, 0.1) is 16.7 Å². The van der Waals surface area contributed by atoms with E-state index in [0.717, 1.165) is 5.56 Å². The number of halogens is 1. The van der Waals surface area contributed by atoms with E-state index >= 15 is 0 Å². The number of rotatable bonds is 4. The van der Waals surface area contributed by atoms with Crippen molar-refractivity contribution in [1.29, 1.82) is 5.26 Å². The lowest BCUT2D eigenvalue weighted by atomic mass is 10.1. The Kier molecular flexibility index (Phi) is 4.63. The van der Waals surface area contributed by atoms with Gasteiger partial charge in [0.2, 0.25) is 10.0 Å². The first-order chi connectivity index (χ1) is 9.94. The number of nitrogens with one attached hydrogen (secondary N) is 1. The third-order valence-electron chi connectivity index (χ3n) is 2.98. The number of nitrogens with zero attached hydrogens (tertiary/aromatic N) is 1. The summed E-state index contributed by atoms with van der Waals surface area (Å²) >= 11 is 5.94. The first-order valence-corrected chi connectivity index (χ1v) is 8.07. The van der Waals surface area contributed by atoms with Crippen LogP contribution in [0.15, 0.2) is 53.4 Å². The molecule has 0 aliphatic heterocycles. The molecule has 0 heterocycles. The number of hydrogen-bond donors (Lipinski definition) is 1. The Hall–Kier alpha value is -1.87. The quantitative estimate of drug-likeness (QED) is 0.940. The second kappa shape index (κ2) is 6.27. The highest BCUT2D eigenvalue weighted by atomic mass is 35.5. The van der Waals surface area contributed by atoms with E-state index in [4.69, 9.17) is 16.9 Å². The van der Waals surface area contributed by atoms with Gasteiger partial charge in [0.1, 0.15) is 4.90 Å². The monoisotopic (exact) mass is 320 g/mol. The maximum Gasteiger partial charge on any atom is 0.242 e. The molecule has 0 aromatic heterocycles. The Balaban J connectivity index is 2.33. The molecule has 0 fully saturated rings. The van der Waals surface area contributed by atoms with Crippen molar-refractivity contribution in [2.24, 2.45) is 0 Å². The molecule has 108 valence electrons. The van der Waals surface area contributed by atoms with E-state index in [2.05, 4.69) is 4.72 Å². The molecule has 21 heavy (non-hydrogen) atoms. The van der Waals surface area contributed by atoms with E-state index in [9.17, 15) is 8.42 Å². The molecule has 4 nitrogen and oxygen atoms in total. The van der Waals surface area contributed by atoms with Crippen molar-refractivity contribution in [2.75, 3.05) is 0 Å². The number of nitriles is 1. The molecule has 6 heteroatoms. The largest absolute Gasteiger partial charge is 0.242 e. The summed E-state index contributed by atoms with van der Waals surface area (Å²) in [4.78, 5) is -0.0917. The summed E-state index contributed by atoms with van der Waals surface area (Å²) in [5, 5.41) is 8.96. The van der Waals surface area contributed by atoms with E-state index in [1.54, 1.807) is 6.92 Å². The highest BCUT2D eigenvalue weighted by Crippen LogP contribution is 2.24. The van der Waals surface area contributed by atoms with Gasteiger partial charge in [0, 0.05) is 6.04 Å². The summed E-state index contributed by atoms with van der Waals surface area (Å²) < 4.78 is 27.4. The van der Waals surface area contributed by atoms with E-state index in [1.807, 2.05) is 36.4 Å². The second-order valence-electron chi connectivity index (χ2n) is 4.51. The molecule has 1 atom stereocenters. The highest BCUT2D eigenvalue weighted by Gasteiger charge is 2.21. The van der Waals surface area contributed by atoms with Gasteiger partial charge < -0.3 is 0 Å². The summed E-state index contributed by atoms with van der Waals surface area (Å²) in [6.07, 6.45) is 0. The van der Waals surface area contributed by atoms with Gasteiger partial charge in [-0.2, -0.15) is 5.26 Å². The van der Waals surface area contributed by atoms with Crippen molar-refractivity contribution in [3.05, 3.63) is 64.7 Å². The second-order valence-corrected chi connectivity index (χ2v) is 6.60. The van der Waals surface area contributed by atoms with Crippen LogP contribution in [0.1, 0.15) is 24.1 Å². The number of benzene rings is 2. The van der Waals surface area contributed by atoms with Crippen molar-refractivity contribution < 1.29 is 8.42 Å². The molecule has 0 spiro atoms. The van der Waals surface area contributed by atoms with Gasteiger partial charge >= 0.3 is 0 Å². The van der Waals surface area contributed by atoms with Crippen LogP contribution in [0.25, 0.3) is 0 Å². The maximum atomic E-state index is 12.4. The van der Waals surface area contributed by atoms with Gasteiger partial charge in [-0.15, -0.1) is 0 Å². The van der Waals surface area contributed by atoms with Crippen LogP contribution in [-0.4, -0.2) is 8.42 Å². The van der Waals surface area contributed by atoms with Crippen LogP contribution in [-0.2, 0) is 10.0 Å². The zero-order valence-corrected chi connectivity index (χ0v) is 12.8. The third kappa shape index (κ3) is 3.61. The Labute approximate surface area is 129 Å². The van der Waals surface area contributed by atoms with Crippen LogP contribution >= 0.6 is 11.6 Å². The molecule has 0 amide bonds. The van der Waals surface area contributed by atoms with Gasteiger partial charge in [-0.25, -0.2) is 13.1 Å². The lowest BCUT2D eigenvalue weighted by Gasteiger charge is -2.15. The minimum Gasteiger partial charge on any atom is -0.207 e. The number of hydrogen-bond acceptors (Lipinski definition) is 3. The number of sulfonamides is 1. The summed E-state index contributed by atoms with van der Waals surface area (Å²) in [5.74, 6) is 0. The van der Waals surface area contributed by atoms with Gasteiger partial charge in [-0.1, -0.05) is 41.9 Å². The van der Waals surface area contributed by atoms with Crippen LogP contribution in [0.4, 0.5) is 0 Å². The molecule has 0 saturated carbocycles. The molecule has 0 saturated heterocycles. The Morgan fingerprint density at radius 1 is 1.19 bits per heavy atom. The summed E-state index contributed by atoms with van der Waals surface area (Å²) in [6, 6.07) is 14.8. The Bertz CT molecular complexity index is 783. The van der Waals surface area contributed by atoms with Crippen LogP contribution in [0.5, 0.6) is 0 Å². The van der Waals surface area contributed by atoms with Crippen LogP contribution in [0, 0.1) is 11.3 Å². The fourth-order valence-electron chi connectivity index (χ4n) is 1.88. The first-order valence-electron chi connectivity index (χ1n) is 6.21. The van der Waals surface area contributed by atoms with E-state index in [0.29, 0.717) is 0 Å². The highest BCUT2D eigenvalue weighted by molar-refractivity contribution is 7.89. The van der Waals surface area contributed by atoms with Crippen molar-refractivity contribution in [2.45, 2.75) is 17.9 Å². The Morgan fingerprint density at radius 2 is 1.86 bits per heavy atom. The average Bonchev–Trinajstić information content (AvgIpc) is 2.48. The average molecular weight is 321 g/mol. The van der Waals surface area contributed by atoms with Gasteiger partial charge in [0.25, 0.3) is 0 Å². The molecule has 1 N–H and O–H groups in total. The molecule has 1 unspecified atom stereocenters. The van der Waals surface area contributed by atoms with E-state index in [-0.39, 0.29) is 15.5 Å². The topological polar surface area (TPSA) is 70.0 Å². The first kappa shape index (κ1) is 15.5. The van der Waals surface area contributed by atoms with Gasteiger partial charge in [0.15, 0.2) is 0 Å². The smallest absolute Gasteiger partial charge is 0.207 e. The zero-order chi connectivity index (χ0) is 15.5. The predicted octanol–water partition coefficient (Wildman–Crippen LogP) is 3.25. The van der Waals surface area contributed by atoms with Crippen molar-refractivity contribution in [3.63, 3.8) is 0 Å². The molecule has 2 aromatic carbocycles. The zero-order valence-electron chi connectivity index (χ0n) is 11.2. The van der Waals surface area contributed by atoms with Crippen molar-refractivity contribution >= 4 is 21.6 Å². The van der Waals surface area contributed by atoms with Crippen LogP contribution < -0.4 is 4.72 Å². The maximum absolute atomic E-state index is 12.4. The van der Waals surface area contributed by atoms with Gasteiger partial charge in [-0.05, 0) is 30.7 Å². The fourth-order valence-corrected chi connectivity index (χ4v) is 3.64. The summed E-state index contributed by atoms with van der Waals surface area (Å²) in [5.41, 5.74) is 1.08. The van der Waals surface area contributed by atoms with Crippen molar-refractivity contribution in [1.82, 2.24) is 4.72 Å². The lowest BCUT2D eigenvalue weighted by molar-refractivity contribution is 0.567. The summed E-state index contributed by atoms with van der Waals surface area (Å²) in [7, 11) is -3.80. The molecule has 0 aliphatic carbocycles. The normalized spacial score (nSPS) is 12.6. The SMILES string of the molecule is CC(NS(=O)(=O)c1cc(C#N)ccc1Cl)c1ccccc1.